The molecule has 8 nitrogen and oxygen atoms in total. The summed E-state index contributed by atoms with van der Waals surface area (Å²) in [7, 11) is -2.53. The number of aromatic amines is 1. The molecule has 0 fully saturated rings. The third kappa shape index (κ3) is 3.75. The first kappa shape index (κ1) is 15.6. The molecule has 1 rings (SSSR count). The molecule has 0 unspecified atom stereocenters. The van der Waals surface area contributed by atoms with Crippen LogP contribution < -0.4 is 10.5 Å². The van der Waals surface area contributed by atoms with E-state index in [1.165, 1.54) is 7.11 Å². The normalized spacial score (nSPS) is 11.8. The average molecular weight is 290 g/mol. The molecule has 0 saturated carbocycles. The average Bonchev–Trinajstić information content (AvgIpc) is 2.73. The maximum Gasteiger partial charge on any atom is 0.273 e. The lowest BCUT2D eigenvalue weighted by atomic mass is 10.1. The van der Waals surface area contributed by atoms with Gasteiger partial charge >= 0.3 is 0 Å². The molecule has 9 heteroatoms. The Balaban J connectivity index is 3.12. The predicted octanol–water partition coefficient (Wildman–Crippen LogP) is -0.443. The summed E-state index contributed by atoms with van der Waals surface area (Å²) >= 11 is 0. The third-order valence-corrected chi connectivity index (χ3v) is 3.40. The van der Waals surface area contributed by atoms with E-state index in [0.29, 0.717) is 12.3 Å². The Kier molecular flexibility index (Phi) is 5.04. The minimum atomic E-state index is -4.03. The van der Waals surface area contributed by atoms with Crippen LogP contribution in [0.2, 0.25) is 0 Å². The van der Waals surface area contributed by atoms with Crippen molar-refractivity contribution in [2.75, 3.05) is 20.3 Å². The molecule has 0 aromatic carbocycles. The molecule has 0 bridgehead atoms. The fourth-order valence-corrected chi connectivity index (χ4v) is 2.52. The maximum atomic E-state index is 11.9. The molecule has 0 aliphatic carbocycles. The first-order valence-electron chi connectivity index (χ1n) is 5.67. The summed E-state index contributed by atoms with van der Waals surface area (Å²) in [5.74, 6) is -0.759. The van der Waals surface area contributed by atoms with E-state index in [2.05, 4.69) is 15.5 Å². The van der Waals surface area contributed by atoms with Crippen molar-refractivity contribution in [1.82, 2.24) is 15.5 Å². The van der Waals surface area contributed by atoms with Crippen molar-refractivity contribution in [3.63, 3.8) is 0 Å². The molecule has 4 N–H and O–H groups in total. The molecular weight excluding hydrogens is 272 g/mol. The zero-order valence-corrected chi connectivity index (χ0v) is 11.9. The number of hydrogen-bond acceptors (Lipinski definition) is 5. The number of nitrogens with one attached hydrogen (secondary N) is 2. The van der Waals surface area contributed by atoms with Crippen molar-refractivity contribution in [3.05, 3.63) is 11.4 Å². The maximum absolute atomic E-state index is 11.9. The molecule has 0 atom stereocenters. The molecule has 1 aromatic heterocycles. The van der Waals surface area contributed by atoms with Crippen molar-refractivity contribution in [1.29, 1.82) is 0 Å². The van der Waals surface area contributed by atoms with Crippen molar-refractivity contribution in [2.24, 2.45) is 5.14 Å². The van der Waals surface area contributed by atoms with Crippen molar-refractivity contribution >= 4 is 15.9 Å². The van der Waals surface area contributed by atoms with Crippen LogP contribution in [0.4, 0.5) is 0 Å². The van der Waals surface area contributed by atoms with Crippen molar-refractivity contribution in [2.45, 2.75) is 24.7 Å². The largest absolute Gasteiger partial charge is 0.383 e. The zero-order chi connectivity index (χ0) is 14.6. The van der Waals surface area contributed by atoms with Crippen LogP contribution in [0, 0.1) is 0 Å². The quantitative estimate of drug-likeness (QED) is 0.612. The van der Waals surface area contributed by atoms with Crippen LogP contribution in [-0.4, -0.2) is 44.8 Å². The highest BCUT2D eigenvalue weighted by atomic mass is 32.2. The molecule has 0 radical (unpaired) electrons. The highest BCUT2D eigenvalue weighted by molar-refractivity contribution is 7.89. The van der Waals surface area contributed by atoms with E-state index >= 15 is 0 Å². The fourth-order valence-electron chi connectivity index (χ4n) is 1.53. The Morgan fingerprint density at radius 2 is 2.16 bits per heavy atom. The summed E-state index contributed by atoms with van der Waals surface area (Å²) in [5, 5.41) is 13.9. The molecule has 1 amide bonds. The summed E-state index contributed by atoms with van der Waals surface area (Å²) in [5.41, 5.74) is 0.0988. The summed E-state index contributed by atoms with van der Waals surface area (Å²) in [6.07, 6.45) is 0. The topological polar surface area (TPSA) is 127 Å². The van der Waals surface area contributed by atoms with Gasteiger partial charge in [0.05, 0.1) is 12.3 Å². The van der Waals surface area contributed by atoms with Gasteiger partial charge in [0.15, 0.2) is 5.69 Å². The van der Waals surface area contributed by atoms with E-state index in [-0.39, 0.29) is 23.1 Å². The lowest BCUT2D eigenvalue weighted by Crippen LogP contribution is -2.29. The number of H-pyrrole nitrogens is 1. The van der Waals surface area contributed by atoms with E-state index < -0.39 is 15.9 Å². The van der Waals surface area contributed by atoms with Gasteiger partial charge in [-0.3, -0.25) is 9.89 Å². The second-order valence-corrected chi connectivity index (χ2v) is 5.76. The molecule has 1 aromatic rings. The van der Waals surface area contributed by atoms with Crippen LogP contribution in [0.1, 0.15) is 35.9 Å². The van der Waals surface area contributed by atoms with Gasteiger partial charge in [0, 0.05) is 13.7 Å². The Bertz CT molecular complexity index is 550. The summed E-state index contributed by atoms with van der Waals surface area (Å²) in [4.78, 5) is 11.6. The molecule has 108 valence electrons. The van der Waals surface area contributed by atoms with Gasteiger partial charge in [-0.1, -0.05) is 13.8 Å². The SMILES string of the molecule is COCCNC(=O)c1n[nH]c(C(C)C)c1S(N)(=O)=O. The number of methoxy groups -OCH3 is 1. The van der Waals surface area contributed by atoms with Gasteiger partial charge < -0.3 is 10.1 Å². The molecule has 0 spiro atoms. The molecule has 19 heavy (non-hydrogen) atoms. The van der Waals surface area contributed by atoms with Gasteiger partial charge in [-0.25, -0.2) is 13.6 Å². The Hall–Kier alpha value is -1.45. The minimum absolute atomic E-state index is 0.152. The second-order valence-electron chi connectivity index (χ2n) is 4.26. The van der Waals surface area contributed by atoms with E-state index in [1.54, 1.807) is 13.8 Å². The van der Waals surface area contributed by atoms with Gasteiger partial charge in [0.25, 0.3) is 5.91 Å². The fraction of sp³-hybridized carbons (Fsp3) is 0.600. The minimum Gasteiger partial charge on any atom is -0.383 e. The van der Waals surface area contributed by atoms with Gasteiger partial charge in [0.2, 0.25) is 10.0 Å². The third-order valence-electron chi connectivity index (χ3n) is 2.42. The monoisotopic (exact) mass is 290 g/mol. The molecule has 0 aliphatic rings. The summed E-state index contributed by atoms with van der Waals surface area (Å²) in [6.45, 7) is 4.12. The summed E-state index contributed by atoms with van der Waals surface area (Å²) < 4.78 is 28.0. The van der Waals surface area contributed by atoms with Gasteiger partial charge in [-0.05, 0) is 5.92 Å². The zero-order valence-electron chi connectivity index (χ0n) is 11.1. The molecule has 0 saturated heterocycles. The number of carbonyl (C=O) groups is 1. The van der Waals surface area contributed by atoms with E-state index in [4.69, 9.17) is 9.88 Å². The van der Waals surface area contributed by atoms with E-state index in [9.17, 15) is 13.2 Å². The van der Waals surface area contributed by atoms with Gasteiger partial charge in [-0.2, -0.15) is 5.10 Å². The first-order chi connectivity index (χ1) is 8.79. The number of aromatic nitrogens is 2. The highest BCUT2D eigenvalue weighted by Gasteiger charge is 2.28. The number of carbonyl (C=O) groups excluding carboxylic acids is 1. The Labute approximate surface area is 111 Å². The van der Waals surface area contributed by atoms with Crippen LogP contribution in [0.5, 0.6) is 0 Å². The van der Waals surface area contributed by atoms with Crippen molar-refractivity contribution in [3.8, 4) is 0 Å². The number of ether oxygens (including phenoxy) is 1. The van der Waals surface area contributed by atoms with Crippen LogP contribution in [0.15, 0.2) is 4.90 Å². The number of primary sulfonamides is 1. The van der Waals surface area contributed by atoms with E-state index in [0.717, 1.165) is 0 Å². The van der Waals surface area contributed by atoms with E-state index in [1.807, 2.05) is 0 Å². The highest BCUT2D eigenvalue weighted by Crippen LogP contribution is 2.23. The van der Waals surface area contributed by atoms with Crippen LogP contribution in [-0.2, 0) is 14.8 Å². The lowest BCUT2D eigenvalue weighted by Gasteiger charge is -2.06. The van der Waals surface area contributed by atoms with Gasteiger partial charge in [0.1, 0.15) is 4.90 Å². The standard InChI is InChI=1S/C10H18N4O4S/c1-6(2)7-9(19(11,16)17)8(14-13-7)10(15)12-4-5-18-3/h6H,4-5H2,1-3H3,(H,12,15)(H,13,14)(H2,11,16,17). The van der Waals surface area contributed by atoms with Crippen LogP contribution >= 0.6 is 0 Å². The molecular formula is C10H18N4O4S. The lowest BCUT2D eigenvalue weighted by molar-refractivity contribution is 0.0928. The van der Waals surface area contributed by atoms with Crippen LogP contribution in [0.3, 0.4) is 0 Å². The van der Waals surface area contributed by atoms with Gasteiger partial charge in [-0.15, -0.1) is 0 Å². The Morgan fingerprint density at radius 1 is 1.53 bits per heavy atom. The second kappa shape index (κ2) is 6.13. The summed E-state index contributed by atoms with van der Waals surface area (Å²) in [6, 6.07) is 0. The number of nitrogens with two attached hydrogens (primary N) is 1. The number of amides is 1. The van der Waals surface area contributed by atoms with Crippen molar-refractivity contribution < 1.29 is 17.9 Å². The first-order valence-corrected chi connectivity index (χ1v) is 7.21. The molecule has 0 aliphatic heterocycles. The Morgan fingerprint density at radius 3 is 2.63 bits per heavy atom. The predicted molar refractivity (Wildman–Crippen MR) is 68.3 cm³/mol. The number of hydrogen-bond donors (Lipinski definition) is 3. The number of rotatable bonds is 6. The smallest absolute Gasteiger partial charge is 0.273 e. The number of sulfonamides is 1. The number of nitrogens with zero attached hydrogens (tertiary/aromatic N) is 1. The molecule has 1 heterocycles. The van der Waals surface area contributed by atoms with Crippen LogP contribution in [0.25, 0.3) is 0 Å².